The van der Waals surface area contributed by atoms with Crippen molar-refractivity contribution in [2.45, 2.75) is 26.1 Å². The lowest BCUT2D eigenvalue weighted by atomic mass is 9.95. The molecule has 1 heterocycles. The van der Waals surface area contributed by atoms with Crippen molar-refractivity contribution in [3.05, 3.63) is 23.8 Å². The van der Waals surface area contributed by atoms with Crippen LogP contribution in [0.2, 0.25) is 0 Å². The molecule has 2 rings (SSSR count). The van der Waals surface area contributed by atoms with E-state index in [1.54, 1.807) is 18.2 Å². The summed E-state index contributed by atoms with van der Waals surface area (Å²) in [5, 5.41) is 4.37. The number of amides is 2. The molecule has 0 aliphatic carbocycles. The third-order valence-corrected chi connectivity index (χ3v) is 3.33. The van der Waals surface area contributed by atoms with E-state index in [1.807, 2.05) is 19.2 Å². The second kappa shape index (κ2) is 6.97. The van der Waals surface area contributed by atoms with E-state index in [0.717, 1.165) is 5.56 Å². The molecule has 8 heteroatoms. The maximum Gasteiger partial charge on any atom is 0.405 e. The monoisotopic (exact) mass is 332 g/mol. The number of fused-ring (bicyclic) bond motifs is 1. The lowest BCUT2D eigenvalue weighted by Crippen LogP contribution is -2.43. The number of ether oxygens (including phenoxy) is 2. The van der Waals surface area contributed by atoms with Gasteiger partial charge in [-0.1, -0.05) is 19.9 Å². The normalized spacial score (nSPS) is 15.2. The molecular weight excluding hydrogens is 313 g/mol. The van der Waals surface area contributed by atoms with Crippen molar-refractivity contribution in [1.29, 1.82) is 0 Å². The van der Waals surface area contributed by atoms with Gasteiger partial charge in [-0.2, -0.15) is 13.2 Å². The first-order chi connectivity index (χ1) is 10.8. The lowest BCUT2D eigenvalue weighted by molar-refractivity contribution is -0.122. The standard InChI is InChI=1S/C15H19F3N2O3/c1-9(2)13(20-14(21)19-8-15(16,17)18)10-3-4-11-12(7-10)23-6-5-22-11/h3-4,7,9,13H,5-6,8H2,1-2H3,(H2,19,20,21). The minimum absolute atomic E-state index is 0.0193. The Morgan fingerprint density at radius 3 is 2.48 bits per heavy atom. The number of benzene rings is 1. The van der Waals surface area contributed by atoms with E-state index in [-0.39, 0.29) is 5.92 Å². The summed E-state index contributed by atoms with van der Waals surface area (Å²) in [7, 11) is 0. The fourth-order valence-electron chi connectivity index (χ4n) is 2.26. The largest absolute Gasteiger partial charge is 0.486 e. The number of nitrogens with one attached hydrogen (secondary N) is 2. The number of urea groups is 1. The third-order valence-electron chi connectivity index (χ3n) is 3.33. The van der Waals surface area contributed by atoms with Crippen LogP contribution >= 0.6 is 0 Å². The average Bonchev–Trinajstić information content (AvgIpc) is 2.49. The summed E-state index contributed by atoms with van der Waals surface area (Å²) in [6.07, 6.45) is -4.44. The second-order valence-corrected chi connectivity index (χ2v) is 5.57. The van der Waals surface area contributed by atoms with Crippen LogP contribution in [0.1, 0.15) is 25.5 Å². The van der Waals surface area contributed by atoms with Gasteiger partial charge in [-0.05, 0) is 23.6 Å². The molecule has 0 bridgehead atoms. The molecule has 0 radical (unpaired) electrons. The molecule has 5 nitrogen and oxygen atoms in total. The first kappa shape index (κ1) is 17.2. The van der Waals surface area contributed by atoms with Gasteiger partial charge in [0.05, 0.1) is 6.04 Å². The summed E-state index contributed by atoms with van der Waals surface area (Å²) in [5.74, 6) is 1.16. The molecular formula is C15H19F3N2O3. The molecule has 1 unspecified atom stereocenters. The smallest absolute Gasteiger partial charge is 0.405 e. The Balaban J connectivity index is 2.08. The molecule has 0 aromatic heterocycles. The molecule has 0 fully saturated rings. The number of hydrogen-bond acceptors (Lipinski definition) is 3. The van der Waals surface area contributed by atoms with Gasteiger partial charge in [0, 0.05) is 0 Å². The Bertz CT molecular complexity index is 561. The van der Waals surface area contributed by atoms with E-state index in [0.29, 0.717) is 24.7 Å². The third kappa shape index (κ3) is 4.94. The van der Waals surface area contributed by atoms with Gasteiger partial charge in [0.2, 0.25) is 0 Å². The molecule has 2 amide bonds. The average molecular weight is 332 g/mol. The second-order valence-electron chi connectivity index (χ2n) is 5.57. The van der Waals surface area contributed by atoms with E-state index in [9.17, 15) is 18.0 Å². The van der Waals surface area contributed by atoms with Crippen LogP contribution in [0.3, 0.4) is 0 Å². The molecule has 1 aromatic carbocycles. The van der Waals surface area contributed by atoms with Crippen molar-refractivity contribution >= 4 is 6.03 Å². The molecule has 23 heavy (non-hydrogen) atoms. The zero-order valence-corrected chi connectivity index (χ0v) is 12.9. The van der Waals surface area contributed by atoms with E-state index >= 15 is 0 Å². The predicted molar refractivity (Wildman–Crippen MR) is 77.6 cm³/mol. The van der Waals surface area contributed by atoms with Gasteiger partial charge >= 0.3 is 12.2 Å². The van der Waals surface area contributed by atoms with E-state index < -0.39 is 24.8 Å². The van der Waals surface area contributed by atoms with Crippen molar-refractivity contribution in [1.82, 2.24) is 10.6 Å². The number of carbonyl (C=O) groups is 1. The van der Waals surface area contributed by atoms with Gasteiger partial charge in [0.15, 0.2) is 11.5 Å². The van der Waals surface area contributed by atoms with E-state index in [1.165, 1.54) is 0 Å². The van der Waals surface area contributed by atoms with Gasteiger partial charge in [-0.3, -0.25) is 0 Å². The minimum Gasteiger partial charge on any atom is -0.486 e. The molecule has 128 valence electrons. The van der Waals surface area contributed by atoms with Crippen molar-refractivity contribution in [2.24, 2.45) is 5.92 Å². The van der Waals surface area contributed by atoms with Crippen molar-refractivity contribution < 1.29 is 27.4 Å². The minimum atomic E-state index is -4.44. The first-order valence-electron chi connectivity index (χ1n) is 7.27. The highest BCUT2D eigenvalue weighted by atomic mass is 19.4. The number of halogens is 3. The lowest BCUT2D eigenvalue weighted by Gasteiger charge is -2.25. The highest BCUT2D eigenvalue weighted by molar-refractivity contribution is 5.74. The van der Waals surface area contributed by atoms with Crippen molar-refractivity contribution in [3.8, 4) is 11.5 Å². The molecule has 1 aliphatic heterocycles. The summed E-state index contributed by atoms with van der Waals surface area (Å²) in [6.45, 7) is 3.27. The Labute approximate surface area is 132 Å². The highest BCUT2D eigenvalue weighted by Gasteiger charge is 2.28. The summed E-state index contributed by atoms with van der Waals surface area (Å²) < 4.78 is 47.4. The van der Waals surface area contributed by atoms with Crippen LogP contribution in [0, 0.1) is 5.92 Å². The Kier molecular flexibility index (Phi) is 5.23. The summed E-state index contributed by atoms with van der Waals surface area (Å²) in [5.41, 5.74) is 0.742. The van der Waals surface area contributed by atoms with Gasteiger partial charge in [-0.25, -0.2) is 4.79 Å². The first-order valence-corrected chi connectivity index (χ1v) is 7.27. The van der Waals surface area contributed by atoms with E-state index in [4.69, 9.17) is 9.47 Å². The molecule has 0 saturated carbocycles. The maximum absolute atomic E-state index is 12.2. The van der Waals surface area contributed by atoms with Crippen LogP contribution in [-0.2, 0) is 0 Å². The zero-order valence-electron chi connectivity index (χ0n) is 12.9. The molecule has 2 N–H and O–H groups in total. The quantitative estimate of drug-likeness (QED) is 0.891. The van der Waals surface area contributed by atoms with Crippen LogP contribution in [0.15, 0.2) is 18.2 Å². The van der Waals surface area contributed by atoms with Crippen molar-refractivity contribution in [2.75, 3.05) is 19.8 Å². The van der Waals surface area contributed by atoms with Gasteiger partial charge in [0.1, 0.15) is 19.8 Å². The summed E-state index contributed by atoms with van der Waals surface area (Å²) in [4.78, 5) is 11.7. The number of rotatable bonds is 4. The van der Waals surface area contributed by atoms with Gasteiger partial charge in [0.25, 0.3) is 0 Å². The fraction of sp³-hybridized carbons (Fsp3) is 0.533. The SMILES string of the molecule is CC(C)C(NC(=O)NCC(F)(F)F)c1ccc2c(c1)OCCO2. The molecule has 0 saturated heterocycles. The molecule has 1 atom stereocenters. The number of carbonyl (C=O) groups excluding carboxylic acids is 1. The van der Waals surface area contributed by atoms with Crippen molar-refractivity contribution in [3.63, 3.8) is 0 Å². The van der Waals surface area contributed by atoms with E-state index in [2.05, 4.69) is 5.32 Å². The predicted octanol–water partition coefficient (Wildman–Crippen LogP) is 3.02. The Hall–Kier alpha value is -2.12. The molecule has 0 spiro atoms. The Morgan fingerprint density at radius 2 is 1.87 bits per heavy atom. The van der Waals surface area contributed by atoms with Crippen LogP contribution in [-0.4, -0.2) is 32.0 Å². The summed E-state index contributed by atoms with van der Waals surface area (Å²) in [6, 6.07) is 3.93. The Morgan fingerprint density at radius 1 is 1.22 bits per heavy atom. The fourth-order valence-corrected chi connectivity index (χ4v) is 2.26. The van der Waals surface area contributed by atoms with Gasteiger partial charge < -0.3 is 20.1 Å². The van der Waals surface area contributed by atoms with Crippen LogP contribution < -0.4 is 20.1 Å². The van der Waals surface area contributed by atoms with Crippen LogP contribution in [0.4, 0.5) is 18.0 Å². The molecule has 1 aliphatic rings. The summed E-state index contributed by atoms with van der Waals surface area (Å²) >= 11 is 0. The topological polar surface area (TPSA) is 59.6 Å². The highest BCUT2D eigenvalue weighted by Crippen LogP contribution is 2.34. The van der Waals surface area contributed by atoms with Crippen LogP contribution in [0.25, 0.3) is 0 Å². The maximum atomic E-state index is 12.2. The molecule has 1 aromatic rings. The number of alkyl halides is 3. The van der Waals surface area contributed by atoms with Gasteiger partial charge in [-0.15, -0.1) is 0 Å². The van der Waals surface area contributed by atoms with Crippen LogP contribution in [0.5, 0.6) is 11.5 Å². The zero-order chi connectivity index (χ0) is 17.0. The number of hydrogen-bond donors (Lipinski definition) is 2.